The quantitative estimate of drug-likeness (QED) is 0.0311. The van der Waals surface area contributed by atoms with Crippen LogP contribution in [0.25, 0.3) is 0 Å². The van der Waals surface area contributed by atoms with E-state index in [1.54, 1.807) is 0 Å². The van der Waals surface area contributed by atoms with Gasteiger partial charge in [0.1, 0.15) is 0 Å². The summed E-state index contributed by atoms with van der Waals surface area (Å²) in [5.74, 6) is -6.40. The predicted octanol–water partition coefficient (Wildman–Crippen LogP) is 32.7. The molecular weight excluding hydrogens is 1970 g/mol. The zero-order valence-corrected chi connectivity index (χ0v) is 101. The van der Waals surface area contributed by atoms with Crippen LogP contribution >= 0.6 is 0 Å². The number of hydrogen-bond donors (Lipinski definition) is 0. The summed E-state index contributed by atoms with van der Waals surface area (Å²) in [4.78, 5) is 71.5. The molecule has 0 aromatic rings. The second kappa shape index (κ2) is 152. The Labute approximate surface area is 916 Å². The molecule has 0 saturated heterocycles. The SMILES string of the molecule is CCCCCCCC/C=C\CCCCCCCC(=O)[O-].CCCCCCCC/C=C\CCCCCCCC(=O)[O-].CCCCCCCC/C=C\CCCCCCCC(=O)[O-].CCCCCCCC/C=C\CCCCCCCC(=O)[O-].CCCCCCCC/C=C\CCCCCCCC(=O)[O-].CCCCCCCC/C=C\CCCCCCCC(=O)[O-].CCCCCCCC/C=C\CCCCCCCC(=O)[O-].[In+3].[Sn+4]. The van der Waals surface area contributed by atoms with Crippen LogP contribution in [0.3, 0.4) is 0 Å². The Hall–Kier alpha value is -3.86. The first-order valence-electron chi connectivity index (χ1n) is 60.3. The molecule has 0 heterocycles. The molecule has 0 amide bonds. The number of allylic oxidation sites excluding steroid dienone is 14. The van der Waals surface area contributed by atoms with Gasteiger partial charge in [-0.05, 0) is 270 Å². The molecule has 0 aliphatic heterocycles. The molecule has 14 nitrogen and oxygen atoms in total. The van der Waals surface area contributed by atoms with Crippen LogP contribution in [0, 0.1) is 0 Å². The van der Waals surface area contributed by atoms with Crippen molar-refractivity contribution in [3.63, 3.8) is 0 Å². The van der Waals surface area contributed by atoms with Crippen LogP contribution in [-0.2, 0) is 33.6 Å². The van der Waals surface area contributed by atoms with Crippen molar-refractivity contribution in [2.45, 2.75) is 678 Å². The van der Waals surface area contributed by atoms with Crippen LogP contribution in [-0.4, -0.2) is 91.5 Å². The average molecular weight is 2200 g/mol. The summed E-state index contributed by atoms with van der Waals surface area (Å²) in [6, 6.07) is 0. The number of rotatable bonds is 105. The molecule has 0 bridgehead atoms. The molecule has 0 rings (SSSR count). The summed E-state index contributed by atoms with van der Waals surface area (Å²) in [6.07, 6.45) is 146. The molecule has 142 heavy (non-hydrogen) atoms. The van der Waals surface area contributed by atoms with E-state index < -0.39 is 41.8 Å². The first-order chi connectivity index (χ1) is 68.4. The first kappa shape index (κ1) is 156. The summed E-state index contributed by atoms with van der Waals surface area (Å²) in [7, 11) is 0. The molecule has 0 unspecified atom stereocenters. The Morgan fingerprint density at radius 2 is 0.183 bits per heavy atom. The Morgan fingerprint density at radius 3 is 0.254 bits per heavy atom. The van der Waals surface area contributed by atoms with E-state index >= 15 is 0 Å². The molecule has 0 aliphatic rings. The minimum absolute atomic E-state index is 0. The van der Waals surface area contributed by atoms with Gasteiger partial charge in [0.2, 0.25) is 0 Å². The molecule has 0 aromatic heterocycles. The summed E-state index contributed by atoms with van der Waals surface area (Å²) in [5, 5.41) is 71.5. The topological polar surface area (TPSA) is 281 Å². The van der Waals surface area contributed by atoms with Gasteiger partial charge in [-0.3, -0.25) is 0 Å². The molecule has 0 N–H and O–H groups in total. The van der Waals surface area contributed by atoms with E-state index in [2.05, 4.69) is 134 Å². The zero-order chi connectivity index (χ0) is 104. The first-order valence-corrected chi connectivity index (χ1v) is 60.3. The molecule has 0 radical (unpaired) electrons. The molecule has 16 heteroatoms. The standard InChI is InChI=1S/7C18H34O2.In.Sn/c7*1-2-3-4-5-6-7-8-9-10-11-12-13-14-15-16-17-18(19)20;;/h7*9-10H,2-8,11-17H2,1H3,(H,19,20);;/q;;;;;;;+3;+4/p-7/b7*10-9-;;. The van der Waals surface area contributed by atoms with Crippen LogP contribution < -0.4 is 35.7 Å². The Bertz CT molecular complexity index is 2140. The second-order valence-electron chi connectivity index (χ2n) is 39.9. The van der Waals surface area contributed by atoms with E-state index in [4.69, 9.17) is 0 Å². The van der Waals surface area contributed by atoms with Crippen molar-refractivity contribution < 1.29 is 69.3 Å². The van der Waals surface area contributed by atoms with Crippen molar-refractivity contribution in [1.29, 1.82) is 0 Å². The van der Waals surface area contributed by atoms with E-state index in [0.717, 1.165) is 135 Å². The summed E-state index contributed by atoms with van der Waals surface area (Å²) < 4.78 is 0. The molecule has 0 fully saturated rings. The fraction of sp³-hybridized carbons (Fsp3) is 0.833. The van der Waals surface area contributed by atoms with E-state index in [0.29, 0.717) is 0 Å². The summed E-state index contributed by atoms with van der Waals surface area (Å²) >= 11 is 0. The normalized spacial score (nSPS) is 11.1. The summed E-state index contributed by atoms with van der Waals surface area (Å²) in [6.45, 7) is 15.8. The van der Waals surface area contributed by atoms with Gasteiger partial charge in [0.15, 0.2) is 0 Å². The fourth-order valence-electron chi connectivity index (χ4n) is 16.4. The number of unbranched alkanes of at least 4 members (excludes halogenated alkanes) is 77. The minimum atomic E-state index is -0.914. The van der Waals surface area contributed by atoms with Crippen molar-refractivity contribution in [3.05, 3.63) is 85.1 Å². The van der Waals surface area contributed by atoms with Gasteiger partial charge in [0, 0.05) is 41.8 Å². The molecule has 0 spiro atoms. The van der Waals surface area contributed by atoms with Crippen molar-refractivity contribution in [2.24, 2.45) is 0 Å². The Balaban J connectivity index is -0.000000207. The number of carbonyl (C=O) groups is 7. The average Bonchev–Trinajstić information content (AvgIpc) is 1.11. The monoisotopic (exact) mass is 2200 g/mol. The maximum absolute atomic E-state index is 10.2. The van der Waals surface area contributed by atoms with Crippen LogP contribution in [0.5, 0.6) is 0 Å². The number of carboxylic acids is 7. The third kappa shape index (κ3) is 188. The van der Waals surface area contributed by atoms with E-state index in [-0.39, 0.29) is 94.7 Å². The molecule has 0 atom stereocenters. The van der Waals surface area contributed by atoms with Crippen LogP contribution in [0.2, 0.25) is 0 Å². The number of carboxylic acid groups (broad SMARTS) is 7. The molecule has 826 valence electrons. The van der Waals surface area contributed by atoms with Crippen molar-refractivity contribution in [3.8, 4) is 0 Å². The van der Waals surface area contributed by atoms with Gasteiger partial charge in [0.05, 0.1) is 0 Å². The molecule has 0 saturated carbocycles. The number of aliphatic carboxylic acids is 7. The maximum atomic E-state index is 10.2. The summed E-state index contributed by atoms with van der Waals surface area (Å²) in [5.41, 5.74) is 0. The largest absolute Gasteiger partial charge is 4.00 e. The van der Waals surface area contributed by atoms with Crippen LogP contribution in [0.15, 0.2) is 85.1 Å². The Morgan fingerprint density at radius 1 is 0.120 bits per heavy atom. The minimum Gasteiger partial charge on any atom is -0.550 e. The van der Waals surface area contributed by atoms with Gasteiger partial charge in [-0.2, -0.15) is 0 Å². The number of hydrogen-bond acceptors (Lipinski definition) is 14. The van der Waals surface area contributed by atoms with Gasteiger partial charge in [-0.15, -0.1) is 0 Å². The van der Waals surface area contributed by atoms with Crippen molar-refractivity contribution >= 4 is 91.5 Å². The van der Waals surface area contributed by atoms with Crippen LogP contribution in [0.4, 0.5) is 0 Å². The predicted molar refractivity (Wildman–Crippen MR) is 603 cm³/mol. The number of carbonyl (C=O) groups excluding carboxylic acids is 7. The second-order valence-corrected chi connectivity index (χ2v) is 39.9. The fourth-order valence-corrected chi connectivity index (χ4v) is 16.4. The third-order valence-corrected chi connectivity index (χ3v) is 25.5. The van der Waals surface area contributed by atoms with Crippen LogP contribution in [0.1, 0.15) is 678 Å². The Kier molecular flexibility index (Phi) is 167. The molecular formula is C126H231InO14Sn. The van der Waals surface area contributed by atoms with Gasteiger partial charge >= 0.3 is 49.8 Å². The van der Waals surface area contributed by atoms with Gasteiger partial charge in [-0.25, -0.2) is 0 Å². The van der Waals surface area contributed by atoms with E-state index in [1.807, 2.05) is 0 Å². The van der Waals surface area contributed by atoms with E-state index in [1.165, 1.54) is 449 Å². The van der Waals surface area contributed by atoms with Gasteiger partial charge < -0.3 is 69.3 Å². The third-order valence-electron chi connectivity index (χ3n) is 25.5. The molecule has 0 aliphatic carbocycles. The van der Waals surface area contributed by atoms with Gasteiger partial charge in [-0.1, -0.05) is 493 Å². The maximum Gasteiger partial charge on any atom is 4.00 e. The van der Waals surface area contributed by atoms with Crippen molar-refractivity contribution in [2.75, 3.05) is 0 Å². The smallest absolute Gasteiger partial charge is 0.550 e. The van der Waals surface area contributed by atoms with E-state index in [9.17, 15) is 69.3 Å². The molecule has 0 aromatic carbocycles. The van der Waals surface area contributed by atoms with Gasteiger partial charge in [0.25, 0.3) is 0 Å². The van der Waals surface area contributed by atoms with Crippen molar-refractivity contribution in [1.82, 2.24) is 0 Å². The zero-order valence-electron chi connectivity index (χ0n) is 94.7.